The van der Waals surface area contributed by atoms with Crippen LogP contribution in [0.3, 0.4) is 0 Å². The van der Waals surface area contributed by atoms with Crippen molar-refractivity contribution in [3.63, 3.8) is 0 Å². The molecule has 0 aliphatic heterocycles. The molecule has 0 aliphatic rings. The van der Waals surface area contributed by atoms with Crippen molar-refractivity contribution in [2.75, 3.05) is 6.54 Å². The van der Waals surface area contributed by atoms with Gasteiger partial charge < -0.3 is 10.4 Å². The van der Waals surface area contributed by atoms with Gasteiger partial charge in [0.1, 0.15) is 0 Å². The summed E-state index contributed by atoms with van der Waals surface area (Å²) in [7, 11) is 0. The van der Waals surface area contributed by atoms with E-state index in [2.05, 4.69) is 10.3 Å². The Morgan fingerprint density at radius 1 is 1.79 bits per heavy atom. The molecule has 0 fully saturated rings. The number of hydrogen-bond donors (Lipinski definition) is 2. The molecule has 4 nitrogen and oxygen atoms in total. The van der Waals surface area contributed by atoms with Crippen LogP contribution in [-0.4, -0.2) is 28.6 Å². The molecule has 5 heteroatoms. The Hall–Kier alpha value is -1.49. The molecular weight excluding hydrogens is 187 g/mol. The van der Waals surface area contributed by atoms with Gasteiger partial charge in [-0.1, -0.05) is 0 Å². The smallest absolute Gasteiger partial charge is 0.256 e. The minimum Gasteiger partial charge on any atom is -0.392 e. The molecule has 76 valence electrons. The molecule has 14 heavy (non-hydrogen) atoms. The van der Waals surface area contributed by atoms with Gasteiger partial charge in [0.15, 0.2) is 0 Å². The summed E-state index contributed by atoms with van der Waals surface area (Å²) < 4.78 is 12.9. The molecule has 0 saturated heterocycles. The number of aliphatic hydroxyl groups excluding tert-OH is 1. The van der Waals surface area contributed by atoms with Gasteiger partial charge in [-0.2, -0.15) is 4.39 Å². The zero-order valence-corrected chi connectivity index (χ0v) is 7.70. The van der Waals surface area contributed by atoms with Gasteiger partial charge in [-0.3, -0.25) is 4.79 Å². The molecule has 1 aromatic heterocycles. The topological polar surface area (TPSA) is 62.2 Å². The molecule has 0 spiro atoms. The van der Waals surface area contributed by atoms with Crippen molar-refractivity contribution in [2.24, 2.45) is 0 Å². The first-order valence-electron chi connectivity index (χ1n) is 4.18. The van der Waals surface area contributed by atoms with Crippen molar-refractivity contribution in [3.05, 3.63) is 29.8 Å². The fourth-order valence-corrected chi connectivity index (χ4v) is 0.891. The number of halogens is 1. The summed E-state index contributed by atoms with van der Waals surface area (Å²) in [4.78, 5) is 14.6. The zero-order chi connectivity index (χ0) is 10.6. The number of pyridine rings is 1. The third-order valence-corrected chi connectivity index (χ3v) is 1.56. The van der Waals surface area contributed by atoms with Crippen molar-refractivity contribution >= 4 is 5.91 Å². The predicted molar refractivity (Wildman–Crippen MR) is 48.2 cm³/mol. The van der Waals surface area contributed by atoms with Crippen LogP contribution in [0.25, 0.3) is 0 Å². The SMILES string of the molecule is CC(O)CNC(=O)c1cccnc1F. The van der Waals surface area contributed by atoms with Gasteiger partial charge in [0.05, 0.1) is 11.7 Å². The molecule has 1 aromatic rings. The third-order valence-electron chi connectivity index (χ3n) is 1.56. The average Bonchev–Trinajstić information content (AvgIpc) is 2.15. The second-order valence-electron chi connectivity index (χ2n) is 2.90. The maximum absolute atomic E-state index is 12.9. The Labute approximate surface area is 80.8 Å². The van der Waals surface area contributed by atoms with E-state index in [1.807, 2.05) is 0 Å². The highest BCUT2D eigenvalue weighted by atomic mass is 19.1. The molecule has 1 heterocycles. The number of rotatable bonds is 3. The number of aliphatic hydroxyl groups is 1. The third kappa shape index (κ3) is 2.77. The molecule has 1 atom stereocenters. The van der Waals surface area contributed by atoms with E-state index < -0.39 is 18.0 Å². The number of nitrogens with one attached hydrogen (secondary N) is 1. The number of nitrogens with zero attached hydrogens (tertiary/aromatic N) is 1. The van der Waals surface area contributed by atoms with Gasteiger partial charge >= 0.3 is 0 Å². The lowest BCUT2D eigenvalue weighted by molar-refractivity contribution is 0.0919. The Morgan fingerprint density at radius 3 is 3.07 bits per heavy atom. The number of carbonyl (C=O) groups excluding carboxylic acids is 1. The van der Waals surface area contributed by atoms with Crippen LogP contribution in [0, 0.1) is 5.95 Å². The highest BCUT2D eigenvalue weighted by Crippen LogP contribution is 2.02. The van der Waals surface area contributed by atoms with E-state index in [4.69, 9.17) is 5.11 Å². The Morgan fingerprint density at radius 2 is 2.50 bits per heavy atom. The fourth-order valence-electron chi connectivity index (χ4n) is 0.891. The Bertz CT molecular complexity index is 328. The van der Waals surface area contributed by atoms with Crippen molar-refractivity contribution in [1.82, 2.24) is 10.3 Å². The first-order valence-corrected chi connectivity index (χ1v) is 4.18. The minimum atomic E-state index is -0.810. The maximum atomic E-state index is 12.9. The van der Waals surface area contributed by atoms with Crippen LogP contribution in [0.4, 0.5) is 4.39 Å². The van der Waals surface area contributed by atoms with Crippen molar-refractivity contribution < 1.29 is 14.3 Å². The van der Waals surface area contributed by atoms with Gasteiger partial charge in [-0.25, -0.2) is 4.98 Å². The number of hydrogen-bond acceptors (Lipinski definition) is 3. The van der Waals surface area contributed by atoms with E-state index in [0.29, 0.717) is 0 Å². The van der Waals surface area contributed by atoms with E-state index in [9.17, 15) is 9.18 Å². The first kappa shape index (κ1) is 10.6. The summed E-state index contributed by atoms with van der Waals surface area (Å²) in [5.74, 6) is -1.38. The van der Waals surface area contributed by atoms with Crippen LogP contribution in [0.5, 0.6) is 0 Å². The summed E-state index contributed by atoms with van der Waals surface area (Å²) in [5.41, 5.74) is -0.117. The van der Waals surface area contributed by atoms with E-state index in [1.54, 1.807) is 0 Å². The second kappa shape index (κ2) is 4.66. The number of amides is 1. The van der Waals surface area contributed by atoms with Crippen LogP contribution >= 0.6 is 0 Å². The zero-order valence-electron chi connectivity index (χ0n) is 7.70. The van der Waals surface area contributed by atoms with Crippen molar-refractivity contribution in [2.45, 2.75) is 13.0 Å². The summed E-state index contributed by atoms with van der Waals surface area (Å²) in [5, 5.41) is 11.3. The summed E-state index contributed by atoms with van der Waals surface area (Å²) >= 11 is 0. The highest BCUT2D eigenvalue weighted by Gasteiger charge is 2.11. The molecular formula is C9H11FN2O2. The second-order valence-corrected chi connectivity index (χ2v) is 2.90. The molecule has 0 bridgehead atoms. The van der Waals surface area contributed by atoms with Crippen LogP contribution in [0.15, 0.2) is 18.3 Å². The van der Waals surface area contributed by atoms with Crippen LogP contribution in [0.2, 0.25) is 0 Å². The van der Waals surface area contributed by atoms with Gasteiger partial charge in [-0.05, 0) is 19.1 Å². The first-order chi connectivity index (χ1) is 6.61. The molecule has 1 amide bonds. The van der Waals surface area contributed by atoms with Crippen molar-refractivity contribution in [3.8, 4) is 0 Å². The highest BCUT2D eigenvalue weighted by molar-refractivity contribution is 5.94. The maximum Gasteiger partial charge on any atom is 0.256 e. The average molecular weight is 198 g/mol. The van der Waals surface area contributed by atoms with Gasteiger partial charge in [-0.15, -0.1) is 0 Å². The lowest BCUT2D eigenvalue weighted by atomic mass is 10.2. The van der Waals surface area contributed by atoms with Gasteiger partial charge in [0.25, 0.3) is 5.91 Å². The van der Waals surface area contributed by atoms with Gasteiger partial charge in [0.2, 0.25) is 5.95 Å². The number of carbonyl (C=O) groups is 1. The molecule has 2 N–H and O–H groups in total. The number of aromatic nitrogens is 1. The van der Waals surface area contributed by atoms with E-state index in [1.165, 1.54) is 25.3 Å². The van der Waals surface area contributed by atoms with Crippen LogP contribution < -0.4 is 5.32 Å². The lowest BCUT2D eigenvalue weighted by Crippen LogP contribution is -2.31. The molecule has 0 aromatic carbocycles. The van der Waals surface area contributed by atoms with Crippen molar-refractivity contribution in [1.29, 1.82) is 0 Å². The molecule has 1 rings (SSSR count). The normalized spacial score (nSPS) is 12.2. The summed E-state index contributed by atoms with van der Waals surface area (Å²) in [6, 6.07) is 2.81. The van der Waals surface area contributed by atoms with E-state index in [-0.39, 0.29) is 12.1 Å². The monoisotopic (exact) mass is 198 g/mol. The molecule has 0 aliphatic carbocycles. The molecule has 0 saturated carbocycles. The van der Waals surface area contributed by atoms with E-state index >= 15 is 0 Å². The summed E-state index contributed by atoms with van der Waals surface area (Å²) in [6.07, 6.45) is 0.611. The van der Waals surface area contributed by atoms with E-state index in [0.717, 1.165) is 0 Å². The molecule has 0 radical (unpaired) electrons. The fraction of sp³-hybridized carbons (Fsp3) is 0.333. The Kier molecular flexibility index (Phi) is 3.53. The standard InChI is InChI=1S/C9H11FN2O2/c1-6(13)5-12-9(14)7-3-2-4-11-8(7)10/h2-4,6,13H,5H2,1H3,(H,12,14). The predicted octanol–water partition coefficient (Wildman–Crippen LogP) is 0.331. The Balaban J connectivity index is 2.65. The lowest BCUT2D eigenvalue weighted by Gasteiger charge is -2.06. The largest absolute Gasteiger partial charge is 0.392 e. The summed E-state index contributed by atoms with van der Waals surface area (Å²) in [6.45, 7) is 1.62. The molecule has 1 unspecified atom stereocenters. The van der Waals surface area contributed by atoms with Gasteiger partial charge in [0, 0.05) is 12.7 Å². The quantitative estimate of drug-likeness (QED) is 0.688. The van der Waals surface area contributed by atoms with Crippen LogP contribution in [-0.2, 0) is 0 Å². The van der Waals surface area contributed by atoms with Crippen LogP contribution in [0.1, 0.15) is 17.3 Å². The minimum absolute atomic E-state index is 0.0904.